The number of non-ortho nitro benzene ring substituents is 1. The SMILES string of the molecule is O=C(/C=C/c1cccc([N+](=O)[O-])c1)N1CCCC(O)C1. The fraction of sp³-hybridized carbons (Fsp3) is 0.357. The van der Waals surface area contributed by atoms with Gasteiger partial charge in [0.25, 0.3) is 5.69 Å². The highest BCUT2D eigenvalue weighted by atomic mass is 16.6. The van der Waals surface area contributed by atoms with Crippen LogP contribution in [0.4, 0.5) is 5.69 Å². The molecule has 1 fully saturated rings. The first kappa shape index (κ1) is 14.2. The number of β-amino-alcohol motifs (C(OH)–C–C–N with tert-alkyl or cyclic N) is 1. The Morgan fingerprint density at radius 1 is 1.50 bits per heavy atom. The van der Waals surface area contributed by atoms with Gasteiger partial charge in [-0.1, -0.05) is 12.1 Å². The largest absolute Gasteiger partial charge is 0.391 e. The first-order valence-corrected chi connectivity index (χ1v) is 6.46. The number of nitro benzene ring substituents is 1. The number of likely N-dealkylation sites (tertiary alicyclic amines) is 1. The normalized spacial score (nSPS) is 19.2. The third-order valence-corrected chi connectivity index (χ3v) is 3.21. The van der Waals surface area contributed by atoms with Gasteiger partial charge in [0, 0.05) is 31.3 Å². The van der Waals surface area contributed by atoms with Gasteiger partial charge in [-0.25, -0.2) is 0 Å². The second-order valence-corrected chi connectivity index (χ2v) is 4.77. The number of aliphatic hydroxyl groups excluding tert-OH is 1. The van der Waals surface area contributed by atoms with E-state index in [-0.39, 0.29) is 11.6 Å². The number of carbonyl (C=O) groups is 1. The third-order valence-electron chi connectivity index (χ3n) is 3.21. The van der Waals surface area contributed by atoms with E-state index in [2.05, 4.69) is 0 Å². The van der Waals surface area contributed by atoms with Gasteiger partial charge in [-0.15, -0.1) is 0 Å². The van der Waals surface area contributed by atoms with E-state index in [4.69, 9.17) is 0 Å². The number of carbonyl (C=O) groups excluding carboxylic acids is 1. The molecule has 0 spiro atoms. The average Bonchev–Trinajstić information content (AvgIpc) is 2.45. The summed E-state index contributed by atoms with van der Waals surface area (Å²) in [4.78, 5) is 23.7. The maximum Gasteiger partial charge on any atom is 0.270 e. The first-order valence-electron chi connectivity index (χ1n) is 6.46. The maximum absolute atomic E-state index is 11.9. The molecule has 1 N–H and O–H groups in total. The van der Waals surface area contributed by atoms with Crippen molar-refractivity contribution in [3.63, 3.8) is 0 Å². The Balaban J connectivity index is 2.03. The molecule has 6 nitrogen and oxygen atoms in total. The minimum absolute atomic E-state index is 0.00649. The van der Waals surface area contributed by atoms with Crippen LogP contribution in [0.25, 0.3) is 6.08 Å². The summed E-state index contributed by atoms with van der Waals surface area (Å²) < 4.78 is 0. The fourth-order valence-corrected chi connectivity index (χ4v) is 2.17. The zero-order valence-electron chi connectivity index (χ0n) is 10.9. The number of nitro groups is 1. The summed E-state index contributed by atoms with van der Waals surface area (Å²) in [6.07, 6.45) is 3.99. The zero-order valence-corrected chi connectivity index (χ0v) is 10.9. The second kappa shape index (κ2) is 6.29. The van der Waals surface area contributed by atoms with E-state index in [1.165, 1.54) is 18.2 Å². The lowest BCUT2D eigenvalue weighted by Gasteiger charge is -2.29. The molecule has 20 heavy (non-hydrogen) atoms. The minimum atomic E-state index is -0.472. The Kier molecular flexibility index (Phi) is 4.47. The lowest BCUT2D eigenvalue weighted by molar-refractivity contribution is -0.384. The molecule has 1 aliphatic heterocycles. The van der Waals surface area contributed by atoms with Crippen molar-refractivity contribution >= 4 is 17.7 Å². The number of rotatable bonds is 3. The van der Waals surface area contributed by atoms with Crippen LogP contribution in [-0.4, -0.2) is 40.0 Å². The lowest BCUT2D eigenvalue weighted by atomic mass is 10.1. The highest BCUT2D eigenvalue weighted by Gasteiger charge is 2.20. The van der Waals surface area contributed by atoms with Gasteiger partial charge in [0.1, 0.15) is 0 Å². The number of hydrogen-bond donors (Lipinski definition) is 1. The molecular weight excluding hydrogens is 260 g/mol. The number of benzene rings is 1. The second-order valence-electron chi connectivity index (χ2n) is 4.77. The van der Waals surface area contributed by atoms with Gasteiger partial charge in [-0.05, 0) is 24.5 Å². The lowest BCUT2D eigenvalue weighted by Crippen LogP contribution is -2.41. The number of aliphatic hydroxyl groups is 1. The molecule has 0 saturated carbocycles. The van der Waals surface area contributed by atoms with Crippen LogP contribution >= 0.6 is 0 Å². The highest BCUT2D eigenvalue weighted by Crippen LogP contribution is 2.15. The average molecular weight is 276 g/mol. The molecular formula is C14H16N2O4. The molecule has 106 valence electrons. The molecule has 1 aromatic rings. The number of piperidine rings is 1. The monoisotopic (exact) mass is 276 g/mol. The fourth-order valence-electron chi connectivity index (χ4n) is 2.17. The smallest absolute Gasteiger partial charge is 0.270 e. The third kappa shape index (κ3) is 3.64. The van der Waals surface area contributed by atoms with Crippen molar-refractivity contribution < 1.29 is 14.8 Å². The standard InChI is InChI=1S/C14H16N2O4/c17-13-5-2-8-15(10-13)14(18)7-6-11-3-1-4-12(9-11)16(19)20/h1,3-4,6-7,9,13,17H,2,5,8,10H2/b7-6+. The summed E-state index contributed by atoms with van der Waals surface area (Å²) in [5, 5.41) is 20.2. The van der Waals surface area contributed by atoms with Gasteiger partial charge >= 0.3 is 0 Å². The summed E-state index contributed by atoms with van der Waals surface area (Å²) in [7, 11) is 0. The first-order chi connectivity index (χ1) is 9.56. The molecule has 1 aromatic carbocycles. The molecule has 1 amide bonds. The van der Waals surface area contributed by atoms with E-state index in [1.54, 1.807) is 23.1 Å². The van der Waals surface area contributed by atoms with Crippen molar-refractivity contribution in [3.05, 3.63) is 46.0 Å². The molecule has 1 unspecified atom stereocenters. The zero-order chi connectivity index (χ0) is 14.5. The Bertz CT molecular complexity index is 542. The van der Waals surface area contributed by atoms with Crippen LogP contribution in [-0.2, 0) is 4.79 Å². The molecule has 0 aromatic heterocycles. The van der Waals surface area contributed by atoms with Crippen molar-refractivity contribution in [2.45, 2.75) is 18.9 Å². The molecule has 1 heterocycles. The molecule has 1 aliphatic rings. The Morgan fingerprint density at radius 2 is 2.30 bits per heavy atom. The van der Waals surface area contributed by atoms with Gasteiger partial charge in [0.15, 0.2) is 0 Å². The number of hydrogen-bond acceptors (Lipinski definition) is 4. The Labute approximate surface area is 116 Å². The van der Waals surface area contributed by atoms with E-state index in [0.29, 0.717) is 18.7 Å². The number of nitrogens with zero attached hydrogens (tertiary/aromatic N) is 2. The summed E-state index contributed by atoms with van der Waals surface area (Å²) in [6, 6.07) is 6.09. The van der Waals surface area contributed by atoms with E-state index in [0.717, 1.165) is 12.8 Å². The van der Waals surface area contributed by atoms with Crippen LogP contribution in [0.5, 0.6) is 0 Å². The summed E-state index contributed by atoms with van der Waals surface area (Å²) in [5.74, 6) is -0.185. The van der Waals surface area contributed by atoms with Gasteiger partial charge in [-0.3, -0.25) is 14.9 Å². The van der Waals surface area contributed by atoms with Crippen LogP contribution in [0.1, 0.15) is 18.4 Å². The van der Waals surface area contributed by atoms with Crippen LogP contribution < -0.4 is 0 Å². The summed E-state index contributed by atoms with van der Waals surface area (Å²) >= 11 is 0. The van der Waals surface area contributed by atoms with Crippen LogP contribution in [0, 0.1) is 10.1 Å². The molecule has 0 radical (unpaired) electrons. The maximum atomic E-state index is 11.9. The molecule has 0 bridgehead atoms. The van der Waals surface area contributed by atoms with Crippen LogP contribution in [0.3, 0.4) is 0 Å². The van der Waals surface area contributed by atoms with Gasteiger partial charge < -0.3 is 10.0 Å². The van der Waals surface area contributed by atoms with Crippen molar-refractivity contribution in [3.8, 4) is 0 Å². The predicted octanol–water partition coefficient (Wildman–Crippen LogP) is 1.59. The quantitative estimate of drug-likeness (QED) is 0.516. The molecule has 1 saturated heterocycles. The van der Waals surface area contributed by atoms with Gasteiger partial charge in [0.2, 0.25) is 5.91 Å². The van der Waals surface area contributed by atoms with E-state index in [1.807, 2.05) is 0 Å². The van der Waals surface area contributed by atoms with E-state index in [9.17, 15) is 20.0 Å². The minimum Gasteiger partial charge on any atom is -0.391 e. The highest BCUT2D eigenvalue weighted by molar-refractivity contribution is 5.91. The van der Waals surface area contributed by atoms with Crippen LogP contribution in [0.15, 0.2) is 30.3 Å². The summed E-state index contributed by atoms with van der Waals surface area (Å²) in [5.41, 5.74) is 0.595. The van der Waals surface area contributed by atoms with Crippen molar-refractivity contribution in [1.82, 2.24) is 4.90 Å². The van der Waals surface area contributed by atoms with Crippen molar-refractivity contribution in [1.29, 1.82) is 0 Å². The Hall–Kier alpha value is -2.21. The van der Waals surface area contributed by atoms with E-state index >= 15 is 0 Å². The topological polar surface area (TPSA) is 83.7 Å². The van der Waals surface area contributed by atoms with Gasteiger partial charge in [0.05, 0.1) is 11.0 Å². The van der Waals surface area contributed by atoms with Gasteiger partial charge in [-0.2, -0.15) is 0 Å². The Morgan fingerprint density at radius 3 is 3.00 bits per heavy atom. The summed E-state index contributed by atoms with van der Waals surface area (Å²) in [6.45, 7) is 0.979. The molecule has 1 atom stereocenters. The van der Waals surface area contributed by atoms with Crippen molar-refractivity contribution in [2.24, 2.45) is 0 Å². The van der Waals surface area contributed by atoms with Crippen molar-refractivity contribution in [2.75, 3.05) is 13.1 Å². The molecule has 6 heteroatoms. The number of amides is 1. The predicted molar refractivity (Wildman–Crippen MR) is 74.0 cm³/mol. The molecule has 2 rings (SSSR count). The molecule has 0 aliphatic carbocycles. The van der Waals surface area contributed by atoms with E-state index < -0.39 is 11.0 Å². The van der Waals surface area contributed by atoms with Crippen LogP contribution in [0.2, 0.25) is 0 Å².